The van der Waals surface area contributed by atoms with E-state index < -0.39 is 17.6 Å². The molecule has 0 spiro atoms. The Morgan fingerprint density at radius 2 is 1.80 bits per heavy atom. The smallest absolute Gasteiger partial charge is 0.249 e. The minimum Gasteiger partial charge on any atom is -0.375 e. The average Bonchev–Trinajstić information content (AvgIpc) is 3.23. The topological polar surface area (TPSA) is 73.4 Å². The van der Waals surface area contributed by atoms with E-state index in [9.17, 15) is 13.6 Å². The van der Waals surface area contributed by atoms with Gasteiger partial charge in [0.1, 0.15) is 24.4 Å². The van der Waals surface area contributed by atoms with Crippen molar-refractivity contribution in [1.82, 2.24) is 14.5 Å². The van der Waals surface area contributed by atoms with Crippen molar-refractivity contribution in [2.24, 2.45) is 11.1 Å². The highest BCUT2D eigenvalue weighted by Gasteiger charge is 2.39. The minimum atomic E-state index is -1.41. The number of hydrogen-bond acceptors (Lipinski definition) is 4. The van der Waals surface area contributed by atoms with Gasteiger partial charge in [-0.2, -0.15) is 0 Å². The Balaban J connectivity index is 2.19. The van der Waals surface area contributed by atoms with Crippen molar-refractivity contribution in [1.29, 1.82) is 0 Å². The molecule has 0 saturated carbocycles. The van der Waals surface area contributed by atoms with Crippen LogP contribution in [0.4, 0.5) is 8.78 Å². The SMILES string of the molecule is COCC(=O)N(C[C@H](F)CN)[C@@H](c1nc(-c2ccccc2)cn1Cc1ccccc1F)C(C)(C)C. The largest absolute Gasteiger partial charge is 0.375 e. The van der Waals surface area contributed by atoms with Gasteiger partial charge < -0.3 is 19.9 Å². The van der Waals surface area contributed by atoms with E-state index >= 15 is 0 Å². The van der Waals surface area contributed by atoms with Crippen LogP contribution >= 0.6 is 0 Å². The summed E-state index contributed by atoms with van der Waals surface area (Å²) in [4.78, 5) is 19.5. The first-order valence-electron chi connectivity index (χ1n) is 11.6. The first kappa shape index (κ1) is 26.5. The van der Waals surface area contributed by atoms with Gasteiger partial charge >= 0.3 is 0 Å². The lowest BCUT2D eigenvalue weighted by atomic mass is 9.84. The van der Waals surface area contributed by atoms with Crippen LogP contribution in [-0.2, 0) is 16.1 Å². The summed E-state index contributed by atoms with van der Waals surface area (Å²) in [6, 6.07) is 15.5. The quantitative estimate of drug-likeness (QED) is 0.457. The molecule has 1 aromatic heterocycles. The van der Waals surface area contributed by atoms with Gasteiger partial charge in [0.15, 0.2) is 0 Å². The number of carbonyl (C=O) groups is 1. The molecule has 1 heterocycles. The summed E-state index contributed by atoms with van der Waals surface area (Å²) in [5.41, 5.74) is 7.08. The summed E-state index contributed by atoms with van der Waals surface area (Å²) in [5.74, 6) is -0.168. The third-order valence-electron chi connectivity index (χ3n) is 5.79. The van der Waals surface area contributed by atoms with Crippen LogP contribution in [0.5, 0.6) is 0 Å². The number of ether oxygens (including phenoxy) is 1. The predicted octanol–water partition coefficient (Wildman–Crippen LogP) is 4.60. The molecule has 2 atom stereocenters. The molecule has 0 bridgehead atoms. The van der Waals surface area contributed by atoms with Crippen LogP contribution in [0.15, 0.2) is 60.8 Å². The Labute approximate surface area is 205 Å². The Bertz CT molecular complexity index is 1110. The summed E-state index contributed by atoms with van der Waals surface area (Å²) in [6.07, 6.45) is 0.439. The van der Waals surface area contributed by atoms with E-state index in [4.69, 9.17) is 15.5 Å². The van der Waals surface area contributed by atoms with Crippen LogP contribution in [0.25, 0.3) is 11.3 Å². The van der Waals surface area contributed by atoms with Crippen LogP contribution in [-0.4, -0.2) is 53.3 Å². The monoisotopic (exact) mass is 484 g/mol. The lowest BCUT2D eigenvalue weighted by Crippen LogP contribution is -2.47. The lowest BCUT2D eigenvalue weighted by Gasteiger charge is -2.40. The van der Waals surface area contributed by atoms with E-state index in [1.807, 2.05) is 61.9 Å². The molecule has 2 aromatic carbocycles. The number of hydrogen-bond donors (Lipinski definition) is 1. The van der Waals surface area contributed by atoms with Crippen LogP contribution in [0.3, 0.4) is 0 Å². The van der Waals surface area contributed by atoms with E-state index in [0.717, 1.165) is 5.56 Å². The Morgan fingerprint density at radius 1 is 1.14 bits per heavy atom. The molecule has 6 nitrogen and oxygen atoms in total. The molecule has 1 amide bonds. The Hall–Kier alpha value is -3.10. The standard InChI is InChI=1S/C27H34F2N4O2/c1-27(2,3)25(33(16-21(28)14-30)24(34)18-35-4)26-31-23(19-10-6-5-7-11-19)17-32(26)15-20-12-8-9-13-22(20)29/h5-13,17,21,25H,14-16,18,30H2,1-4H3/t21-,25+/m1/s1. The lowest BCUT2D eigenvalue weighted by molar-refractivity contribution is -0.141. The van der Waals surface area contributed by atoms with Crippen molar-refractivity contribution in [2.45, 2.75) is 39.5 Å². The van der Waals surface area contributed by atoms with Crippen molar-refractivity contribution in [2.75, 3.05) is 26.8 Å². The molecule has 0 aliphatic carbocycles. The second-order valence-corrected chi connectivity index (χ2v) is 9.65. The number of benzene rings is 2. The number of nitrogens with two attached hydrogens (primary N) is 1. The van der Waals surface area contributed by atoms with Gasteiger partial charge in [-0.1, -0.05) is 69.3 Å². The summed E-state index contributed by atoms with van der Waals surface area (Å²) in [6.45, 7) is 5.47. The summed E-state index contributed by atoms with van der Waals surface area (Å²) in [7, 11) is 1.42. The van der Waals surface area contributed by atoms with Gasteiger partial charge in [0, 0.05) is 31.0 Å². The fraction of sp³-hybridized carbons (Fsp3) is 0.407. The normalized spacial score (nSPS) is 13.5. The van der Waals surface area contributed by atoms with E-state index in [0.29, 0.717) is 17.1 Å². The number of aromatic nitrogens is 2. The molecule has 0 unspecified atom stereocenters. The molecular formula is C27H34F2N4O2. The maximum atomic E-state index is 14.6. The fourth-order valence-electron chi connectivity index (χ4n) is 4.17. The minimum absolute atomic E-state index is 0.201. The third kappa shape index (κ3) is 6.52. The summed E-state index contributed by atoms with van der Waals surface area (Å²) in [5, 5.41) is 0. The zero-order chi connectivity index (χ0) is 25.6. The number of imidazole rings is 1. The predicted molar refractivity (Wildman–Crippen MR) is 133 cm³/mol. The first-order valence-corrected chi connectivity index (χ1v) is 11.6. The zero-order valence-electron chi connectivity index (χ0n) is 20.7. The Morgan fingerprint density at radius 3 is 2.40 bits per heavy atom. The number of alkyl halides is 1. The van der Waals surface area contributed by atoms with Crippen LogP contribution in [0.2, 0.25) is 0 Å². The van der Waals surface area contributed by atoms with Gasteiger partial charge in [-0.05, 0) is 11.5 Å². The highest BCUT2D eigenvalue weighted by molar-refractivity contribution is 5.78. The second-order valence-electron chi connectivity index (χ2n) is 9.65. The van der Waals surface area contributed by atoms with Gasteiger partial charge in [-0.25, -0.2) is 13.8 Å². The number of nitrogens with zero attached hydrogens (tertiary/aromatic N) is 3. The number of rotatable bonds is 10. The van der Waals surface area contributed by atoms with E-state index in [1.54, 1.807) is 18.2 Å². The number of amides is 1. The highest BCUT2D eigenvalue weighted by Crippen LogP contribution is 2.39. The van der Waals surface area contributed by atoms with Crippen LogP contribution in [0, 0.1) is 11.2 Å². The summed E-state index contributed by atoms with van der Waals surface area (Å²) >= 11 is 0. The molecule has 0 saturated heterocycles. The van der Waals surface area contributed by atoms with Crippen molar-refractivity contribution < 1.29 is 18.3 Å². The average molecular weight is 485 g/mol. The van der Waals surface area contributed by atoms with Crippen molar-refractivity contribution in [3.05, 3.63) is 78.0 Å². The first-order chi connectivity index (χ1) is 16.7. The van der Waals surface area contributed by atoms with Crippen molar-refractivity contribution in [3.8, 4) is 11.3 Å². The second kappa shape index (κ2) is 11.6. The molecule has 35 heavy (non-hydrogen) atoms. The summed E-state index contributed by atoms with van der Waals surface area (Å²) < 4.78 is 36.1. The maximum absolute atomic E-state index is 14.6. The maximum Gasteiger partial charge on any atom is 0.249 e. The molecular weight excluding hydrogens is 450 g/mol. The highest BCUT2D eigenvalue weighted by atomic mass is 19.1. The number of methoxy groups -OCH3 is 1. The van der Waals surface area contributed by atoms with E-state index in [1.165, 1.54) is 18.1 Å². The molecule has 3 aromatic rings. The Kier molecular flexibility index (Phi) is 8.75. The molecule has 0 radical (unpaired) electrons. The van der Waals surface area contributed by atoms with Crippen LogP contribution < -0.4 is 5.73 Å². The van der Waals surface area contributed by atoms with Gasteiger partial charge in [0.25, 0.3) is 0 Å². The molecule has 188 valence electrons. The van der Waals surface area contributed by atoms with Crippen molar-refractivity contribution in [3.63, 3.8) is 0 Å². The van der Waals surface area contributed by atoms with Gasteiger partial charge in [0.05, 0.1) is 24.8 Å². The molecule has 8 heteroatoms. The molecule has 0 fully saturated rings. The van der Waals surface area contributed by atoms with Gasteiger partial charge in [-0.3, -0.25) is 4.79 Å². The van der Waals surface area contributed by atoms with Gasteiger partial charge in [0.2, 0.25) is 5.91 Å². The van der Waals surface area contributed by atoms with Crippen molar-refractivity contribution >= 4 is 5.91 Å². The molecule has 0 aliphatic heterocycles. The van der Waals surface area contributed by atoms with E-state index in [-0.39, 0.29) is 38.0 Å². The number of carbonyl (C=O) groups excluding carboxylic acids is 1. The third-order valence-corrected chi connectivity index (χ3v) is 5.79. The molecule has 0 aliphatic rings. The van der Waals surface area contributed by atoms with Gasteiger partial charge in [-0.15, -0.1) is 0 Å². The van der Waals surface area contributed by atoms with E-state index in [2.05, 4.69) is 0 Å². The fourth-order valence-corrected chi connectivity index (χ4v) is 4.17. The zero-order valence-corrected chi connectivity index (χ0v) is 20.7. The molecule has 2 N–H and O–H groups in total. The van der Waals surface area contributed by atoms with Crippen LogP contribution in [0.1, 0.15) is 38.2 Å². The molecule has 3 rings (SSSR count). The number of halogens is 2.